The quantitative estimate of drug-likeness (QED) is 0.894. The zero-order chi connectivity index (χ0) is 14.4. The second-order valence-corrected chi connectivity index (χ2v) is 5.42. The number of hydrogen-bond acceptors (Lipinski definition) is 3. The largest absolute Gasteiger partial charge is 0.497 e. The van der Waals surface area contributed by atoms with E-state index in [1.165, 1.54) is 5.56 Å². The first-order valence-corrected chi connectivity index (χ1v) is 7.35. The number of carbonyl (C=O) groups is 1. The summed E-state index contributed by atoms with van der Waals surface area (Å²) in [6.45, 7) is 1.64. The predicted molar refractivity (Wildman–Crippen MR) is 79.7 cm³/mol. The summed E-state index contributed by atoms with van der Waals surface area (Å²) in [6.07, 6.45) is 4.33. The average molecular weight is 276 g/mol. The summed E-state index contributed by atoms with van der Waals surface area (Å²) in [6, 6.07) is 8.32. The second kappa shape index (κ2) is 7.29. The summed E-state index contributed by atoms with van der Waals surface area (Å²) in [5, 5.41) is 0. The fourth-order valence-electron chi connectivity index (χ4n) is 2.54. The van der Waals surface area contributed by atoms with Crippen LogP contribution in [-0.2, 0) is 11.2 Å². The first-order chi connectivity index (χ1) is 9.69. The molecule has 0 radical (unpaired) electrons. The summed E-state index contributed by atoms with van der Waals surface area (Å²) in [4.78, 5) is 14.0. The van der Waals surface area contributed by atoms with E-state index in [4.69, 9.17) is 10.5 Å². The smallest absolute Gasteiger partial charge is 0.222 e. The van der Waals surface area contributed by atoms with Crippen molar-refractivity contribution >= 4 is 5.91 Å². The summed E-state index contributed by atoms with van der Waals surface area (Å²) in [5.41, 5.74) is 7.10. The molecule has 1 aromatic carbocycles. The van der Waals surface area contributed by atoms with Crippen LogP contribution >= 0.6 is 0 Å². The van der Waals surface area contributed by atoms with Crippen LogP contribution in [-0.4, -0.2) is 37.0 Å². The molecule has 0 aromatic heterocycles. The molecule has 1 amide bonds. The van der Waals surface area contributed by atoms with Gasteiger partial charge in [0.25, 0.3) is 0 Å². The van der Waals surface area contributed by atoms with E-state index in [9.17, 15) is 4.79 Å². The number of nitrogens with zero attached hydrogens (tertiary/aromatic N) is 1. The Balaban J connectivity index is 1.70. The minimum Gasteiger partial charge on any atom is -0.497 e. The lowest BCUT2D eigenvalue weighted by atomic mass is 10.0. The Kier molecular flexibility index (Phi) is 5.41. The number of rotatable bonds is 5. The molecule has 2 N–H and O–H groups in total. The minimum atomic E-state index is 0.269. The highest BCUT2D eigenvalue weighted by Crippen LogP contribution is 2.14. The Morgan fingerprint density at radius 2 is 1.95 bits per heavy atom. The highest BCUT2D eigenvalue weighted by molar-refractivity contribution is 5.76. The lowest BCUT2D eigenvalue weighted by molar-refractivity contribution is -0.132. The Hall–Kier alpha value is -1.55. The Labute approximate surface area is 120 Å². The molecule has 4 nitrogen and oxygen atoms in total. The van der Waals surface area contributed by atoms with Gasteiger partial charge in [-0.3, -0.25) is 4.79 Å². The third-order valence-corrected chi connectivity index (χ3v) is 3.91. The lowest BCUT2D eigenvalue weighted by Gasteiger charge is -2.30. The standard InChI is InChI=1S/C16H24N2O2/c1-20-15-7-5-13(6-8-15)3-2-4-16(19)18-11-9-14(17)10-12-18/h5-8,14H,2-4,9-12,17H2,1H3. The van der Waals surface area contributed by atoms with E-state index in [2.05, 4.69) is 12.1 Å². The molecular formula is C16H24N2O2. The average Bonchev–Trinajstić information content (AvgIpc) is 2.48. The van der Waals surface area contributed by atoms with Gasteiger partial charge in [0.1, 0.15) is 5.75 Å². The number of hydrogen-bond donors (Lipinski definition) is 1. The van der Waals surface area contributed by atoms with Crippen LogP contribution in [0.3, 0.4) is 0 Å². The predicted octanol–water partition coefficient (Wildman–Crippen LogP) is 1.97. The van der Waals surface area contributed by atoms with Gasteiger partial charge in [0.15, 0.2) is 0 Å². The zero-order valence-electron chi connectivity index (χ0n) is 12.2. The van der Waals surface area contributed by atoms with Crippen molar-refractivity contribution < 1.29 is 9.53 Å². The molecule has 0 aliphatic carbocycles. The van der Waals surface area contributed by atoms with Crippen molar-refractivity contribution in [2.75, 3.05) is 20.2 Å². The van der Waals surface area contributed by atoms with E-state index in [1.54, 1.807) is 7.11 Å². The number of aryl methyl sites for hydroxylation is 1. The molecule has 0 atom stereocenters. The summed E-state index contributed by atoms with van der Waals surface area (Å²) in [5.74, 6) is 1.14. The number of methoxy groups -OCH3 is 1. The van der Waals surface area contributed by atoms with Gasteiger partial charge in [0, 0.05) is 25.6 Å². The SMILES string of the molecule is COc1ccc(CCCC(=O)N2CCC(N)CC2)cc1. The van der Waals surface area contributed by atoms with Gasteiger partial charge in [-0.2, -0.15) is 0 Å². The highest BCUT2D eigenvalue weighted by atomic mass is 16.5. The molecule has 4 heteroatoms. The van der Waals surface area contributed by atoms with E-state index >= 15 is 0 Å². The van der Waals surface area contributed by atoms with Gasteiger partial charge >= 0.3 is 0 Å². The fraction of sp³-hybridized carbons (Fsp3) is 0.562. The molecule has 1 saturated heterocycles. The molecule has 0 unspecified atom stereocenters. The Morgan fingerprint density at radius 1 is 1.30 bits per heavy atom. The van der Waals surface area contributed by atoms with E-state index in [-0.39, 0.29) is 11.9 Å². The third kappa shape index (κ3) is 4.23. The Bertz CT molecular complexity index is 423. The van der Waals surface area contributed by atoms with E-state index in [0.29, 0.717) is 6.42 Å². The Morgan fingerprint density at radius 3 is 2.55 bits per heavy atom. The first-order valence-electron chi connectivity index (χ1n) is 7.35. The minimum absolute atomic E-state index is 0.269. The highest BCUT2D eigenvalue weighted by Gasteiger charge is 2.19. The monoisotopic (exact) mass is 276 g/mol. The van der Waals surface area contributed by atoms with Crippen LogP contribution in [0.1, 0.15) is 31.2 Å². The van der Waals surface area contributed by atoms with Gasteiger partial charge in [-0.1, -0.05) is 12.1 Å². The molecule has 2 rings (SSSR count). The third-order valence-electron chi connectivity index (χ3n) is 3.91. The fourth-order valence-corrected chi connectivity index (χ4v) is 2.54. The lowest BCUT2D eigenvalue weighted by Crippen LogP contribution is -2.42. The van der Waals surface area contributed by atoms with E-state index < -0.39 is 0 Å². The molecule has 1 aliphatic heterocycles. The topological polar surface area (TPSA) is 55.6 Å². The van der Waals surface area contributed by atoms with Crippen LogP contribution in [0.25, 0.3) is 0 Å². The van der Waals surface area contributed by atoms with Gasteiger partial charge in [0.2, 0.25) is 5.91 Å². The molecule has 0 spiro atoms. The van der Waals surface area contributed by atoms with Crippen molar-refractivity contribution in [3.63, 3.8) is 0 Å². The van der Waals surface area contributed by atoms with Gasteiger partial charge in [-0.15, -0.1) is 0 Å². The van der Waals surface area contributed by atoms with Crippen LogP contribution in [0.15, 0.2) is 24.3 Å². The summed E-state index contributed by atoms with van der Waals surface area (Å²) >= 11 is 0. The summed E-state index contributed by atoms with van der Waals surface area (Å²) in [7, 11) is 1.66. The first kappa shape index (κ1) is 14.9. The zero-order valence-corrected chi connectivity index (χ0v) is 12.2. The van der Waals surface area contributed by atoms with Gasteiger partial charge in [-0.05, 0) is 43.4 Å². The van der Waals surface area contributed by atoms with E-state index in [0.717, 1.165) is 44.5 Å². The molecule has 1 heterocycles. The molecule has 1 fully saturated rings. The number of carbonyl (C=O) groups excluding carboxylic acids is 1. The number of nitrogens with two attached hydrogens (primary N) is 1. The van der Waals surface area contributed by atoms with Gasteiger partial charge in [-0.25, -0.2) is 0 Å². The number of benzene rings is 1. The molecule has 0 saturated carbocycles. The van der Waals surface area contributed by atoms with E-state index in [1.807, 2.05) is 17.0 Å². The van der Waals surface area contributed by atoms with Crippen molar-refractivity contribution in [1.82, 2.24) is 4.90 Å². The maximum Gasteiger partial charge on any atom is 0.222 e. The number of likely N-dealkylation sites (tertiary alicyclic amines) is 1. The maximum atomic E-state index is 12.1. The number of amides is 1. The van der Waals surface area contributed by atoms with Crippen molar-refractivity contribution in [1.29, 1.82) is 0 Å². The molecular weight excluding hydrogens is 252 g/mol. The molecule has 0 bridgehead atoms. The molecule has 1 aromatic rings. The van der Waals surface area contributed by atoms with Crippen LogP contribution < -0.4 is 10.5 Å². The molecule has 1 aliphatic rings. The van der Waals surface area contributed by atoms with Gasteiger partial charge < -0.3 is 15.4 Å². The normalized spacial score (nSPS) is 16.2. The van der Waals surface area contributed by atoms with Crippen molar-refractivity contribution in [3.8, 4) is 5.75 Å². The van der Waals surface area contributed by atoms with Crippen LogP contribution in [0.4, 0.5) is 0 Å². The molecule has 110 valence electrons. The van der Waals surface area contributed by atoms with Crippen molar-refractivity contribution in [2.24, 2.45) is 5.73 Å². The maximum absolute atomic E-state index is 12.1. The van der Waals surface area contributed by atoms with Gasteiger partial charge in [0.05, 0.1) is 7.11 Å². The van der Waals surface area contributed by atoms with Crippen LogP contribution in [0, 0.1) is 0 Å². The summed E-state index contributed by atoms with van der Waals surface area (Å²) < 4.78 is 5.13. The molecule has 20 heavy (non-hydrogen) atoms. The second-order valence-electron chi connectivity index (χ2n) is 5.42. The van der Waals surface area contributed by atoms with Crippen molar-refractivity contribution in [2.45, 2.75) is 38.1 Å². The number of ether oxygens (including phenoxy) is 1. The van der Waals surface area contributed by atoms with Crippen LogP contribution in [0.5, 0.6) is 5.75 Å². The van der Waals surface area contributed by atoms with Crippen LogP contribution in [0.2, 0.25) is 0 Å². The number of piperidine rings is 1. The van der Waals surface area contributed by atoms with Crippen molar-refractivity contribution in [3.05, 3.63) is 29.8 Å².